The summed E-state index contributed by atoms with van der Waals surface area (Å²) in [4.78, 5) is 26.4. The predicted molar refractivity (Wildman–Crippen MR) is 129 cm³/mol. The van der Waals surface area contributed by atoms with Crippen LogP contribution in [-0.4, -0.2) is 33.4 Å². The van der Waals surface area contributed by atoms with Crippen molar-refractivity contribution in [3.05, 3.63) is 42.5 Å². The highest BCUT2D eigenvalue weighted by molar-refractivity contribution is 7.92. The molecule has 0 atom stereocenters. The molecule has 0 aromatic heterocycles. The number of nitrogens with zero attached hydrogens (tertiary/aromatic N) is 1. The minimum absolute atomic E-state index is 0.0254. The van der Waals surface area contributed by atoms with E-state index in [0.29, 0.717) is 35.8 Å². The summed E-state index contributed by atoms with van der Waals surface area (Å²) < 4.78 is 34.3. The molecule has 0 saturated heterocycles. The van der Waals surface area contributed by atoms with E-state index in [1.165, 1.54) is 12.1 Å². The molecule has 0 unspecified atom stereocenters. The van der Waals surface area contributed by atoms with Gasteiger partial charge in [-0.05, 0) is 63.1 Å². The third-order valence-electron chi connectivity index (χ3n) is 5.29. The van der Waals surface area contributed by atoms with Gasteiger partial charge in [0.15, 0.2) is 0 Å². The molecule has 0 aliphatic carbocycles. The van der Waals surface area contributed by atoms with E-state index in [4.69, 9.17) is 4.74 Å². The number of anilines is 3. The number of nitrogens with one attached hydrogen (secondary N) is 2. The van der Waals surface area contributed by atoms with Gasteiger partial charge in [-0.3, -0.25) is 14.3 Å². The summed E-state index contributed by atoms with van der Waals surface area (Å²) in [7, 11) is -3.86. The number of benzene rings is 2. The first-order chi connectivity index (χ1) is 15.6. The number of sulfonamides is 1. The summed E-state index contributed by atoms with van der Waals surface area (Å²) >= 11 is 0. The topological polar surface area (TPSA) is 105 Å². The first-order valence-electron chi connectivity index (χ1n) is 11.1. The molecular formula is C24H31N3O5S. The number of carbonyl (C=O) groups excluding carboxylic acids is 2. The van der Waals surface area contributed by atoms with Crippen molar-refractivity contribution in [2.45, 2.75) is 51.9 Å². The molecule has 1 aliphatic heterocycles. The molecule has 1 heterocycles. The van der Waals surface area contributed by atoms with Crippen molar-refractivity contribution >= 4 is 38.9 Å². The van der Waals surface area contributed by atoms with Crippen LogP contribution in [-0.2, 0) is 19.6 Å². The molecule has 2 aromatic rings. The van der Waals surface area contributed by atoms with Crippen LogP contribution in [0.4, 0.5) is 17.1 Å². The zero-order chi connectivity index (χ0) is 24.2. The maximum absolute atomic E-state index is 13.0. The van der Waals surface area contributed by atoms with Gasteiger partial charge in [-0.2, -0.15) is 0 Å². The lowest BCUT2D eigenvalue weighted by Gasteiger charge is -2.27. The van der Waals surface area contributed by atoms with Gasteiger partial charge in [0.25, 0.3) is 10.0 Å². The number of rotatable bonds is 8. The Morgan fingerprint density at radius 1 is 1.06 bits per heavy atom. The van der Waals surface area contributed by atoms with E-state index in [9.17, 15) is 18.0 Å². The fraction of sp³-hybridized carbons (Fsp3) is 0.417. The van der Waals surface area contributed by atoms with E-state index in [1.54, 1.807) is 35.2 Å². The smallest absolute Gasteiger partial charge is 0.261 e. The summed E-state index contributed by atoms with van der Waals surface area (Å²) in [5.74, 6) is 0.314. The number of carbonyl (C=O) groups is 2. The van der Waals surface area contributed by atoms with E-state index in [1.807, 2.05) is 27.7 Å². The standard InChI is InChI=1S/C24H31N3O5S/c1-5-7-22(28)25-17-8-11-19(12-9-17)33(30,31)26-18-10-13-20-21(15-18)32-16-24(3,4)23(29)27(20)14-6-2/h8-13,15,26H,5-7,14,16H2,1-4H3,(H,25,28). The molecule has 9 heteroatoms. The zero-order valence-corrected chi connectivity index (χ0v) is 20.3. The Morgan fingerprint density at radius 2 is 1.73 bits per heavy atom. The Kier molecular flexibility index (Phi) is 7.31. The average molecular weight is 474 g/mol. The summed E-state index contributed by atoms with van der Waals surface area (Å²) in [5.41, 5.74) is 0.802. The summed E-state index contributed by atoms with van der Waals surface area (Å²) in [6, 6.07) is 10.9. The molecule has 2 amide bonds. The normalized spacial score (nSPS) is 15.3. The van der Waals surface area contributed by atoms with E-state index in [-0.39, 0.29) is 23.3 Å². The van der Waals surface area contributed by atoms with Crippen molar-refractivity contribution < 1.29 is 22.7 Å². The van der Waals surface area contributed by atoms with Crippen LogP contribution in [0.3, 0.4) is 0 Å². The maximum atomic E-state index is 13.0. The highest BCUT2D eigenvalue weighted by atomic mass is 32.2. The van der Waals surface area contributed by atoms with E-state index < -0.39 is 15.4 Å². The molecule has 0 radical (unpaired) electrons. The predicted octanol–water partition coefficient (Wildman–Crippen LogP) is 4.39. The van der Waals surface area contributed by atoms with Crippen LogP contribution in [0.5, 0.6) is 5.75 Å². The third-order valence-corrected chi connectivity index (χ3v) is 6.69. The summed E-state index contributed by atoms with van der Waals surface area (Å²) in [6.45, 7) is 8.32. The fourth-order valence-electron chi connectivity index (χ4n) is 3.54. The molecule has 8 nitrogen and oxygen atoms in total. The number of amides is 2. The highest BCUT2D eigenvalue weighted by Gasteiger charge is 2.37. The first-order valence-corrected chi connectivity index (χ1v) is 12.6. The van der Waals surface area contributed by atoms with Crippen LogP contribution in [0, 0.1) is 5.41 Å². The van der Waals surface area contributed by atoms with Crippen molar-refractivity contribution in [3.63, 3.8) is 0 Å². The van der Waals surface area contributed by atoms with Crippen LogP contribution in [0.1, 0.15) is 47.0 Å². The highest BCUT2D eigenvalue weighted by Crippen LogP contribution is 2.38. The van der Waals surface area contributed by atoms with Crippen LogP contribution in [0.15, 0.2) is 47.4 Å². The van der Waals surface area contributed by atoms with E-state index in [2.05, 4.69) is 10.0 Å². The number of ether oxygens (including phenoxy) is 1. The molecule has 1 aliphatic rings. The van der Waals surface area contributed by atoms with Crippen LogP contribution < -0.4 is 19.7 Å². The quantitative estimate of drug-likeness (QED) is 0.592. The Labute approximate surface area is 195 Å². The lowest BCUT2D eigenvalue weighted by atomic mass is 9.93. The first kappa shape index (κ1) is 24.6. The van der Waals surface area contributed by atoms with Crippen LogP contribution in [0.2, 0.25) is 0 Å². The Balaban J connectivity index is 1.82. The minimum Gasteiger partial charge on any atom is -0.490 e. The van der Waals surface area contributed by atoms with Crippen LogP contribution >= 0.6 is 0 Å². The van der Waals surface area contributed by atoms with Gasteiger partial charge in [0.05, 0.1) is 21.7 Å². The molecule has 0 saturated carbocycles. The van der Waals surface area contributed by atoms with Gasteiger partial charge in [0, 0.05) is 24.7 Å². The van der Waals surface area contributed by atoms with E-state index in [0.717, 1.165) is 12.8 Å². The van der Waals surface area contributed by atoms with Crippen molar-refractivity contribution in [2.75, 3.05) is 28.1 Å². The van der Waals surface area contributed by atoms with Crippen molar-refractivity contribution in [3.8, 4) is 5.75 Å². The number of hydrogen-bond acceptors (Lipinski definition) is 5. The summed E-state index contributed by atoms with van der Waals surface area (Å²) in [6.07, 6.45) is 1.92. The minimum atomic E-state index is -3.86. The van der Waals surface area contributed by atoms with Gasteiger partial charge >= 0.3 is 0 Å². The van der Waals surface area contributed by atoms with E-state index >= 15 is 0 Å². The molecule has 0 spiro atoms. The molecule has 0 fully saturated rings. The van der Waals surface area contributed by atoms with Crippen molar-refractivity contribution in [1.29, 1.82) is 0 Å². The third kappa shape index (κ3) is 5.65. The molecule has 3 rings (SSSR count). The second kappa shape index (κ2) is 9.82. The fourth-order valence-corrected chi connectivity index (χ4v) is 4.59. The second-order valence-electron chi connectivity index (χ2n) is 8.74. The van der Waals surface area contributed by atoms with Gasteiger partial charge in [-0.25, -0.2) is 8.42 Å². The number of fused-ring (bicyclic) bond motifs is 1. The van der Waals surface area contributed by atoms with Gasteiger partial charge in [-0.15, -0.1) is 0 Å². The molecule has 178 valence electrons. The molecule has 2 aromatic carbocycles. The van der Waals surface area contributed by atoms with Crippen LogP contribution in [0.25, 0.3) is 0 Å². The largest absolute Gasteiger partial charge is 0.490 e. The maximum Gasteiger partial charge on any atom is 0.261 e. The Bertz CT molecular complexity index is 1130. The SMILES string of the molecule is CCCC(=O)Nc1ccc(S(=O)(=O)Nc2ccc3c(c2)OCC(C)(C)C(=O)N3CCC)cc1. The monoisotopic (exact) mass is 473 g/mol. The summed E-state index contributed by atoms with van der Waals surface area (Å²) in [5, 5.41) is 2.73. The van der Waals surface area contributed by atoms with Gasteiger partial charge in [-0.1, -0.05) is 13.8 Å². The zero-order valence-electron chi connectivity index (χ0n) is 19.5. The number of hydrogen-bond donors (Lipinski definition) is 2. The van der Waals surface area contributed by atoms with Gasteiger partial charge < -0.3 is 15.0 Å². The lowest BCUT2D eigenvalue weighted by molar-refractivity contribution is -0.127. The Hall–Kier alpha value is -3.07. The second-order valence-corrected chi connectivity index (χ2v) is 10.4. The lowest BCUT2D eigenvalue weighted by Crippen LogP contribution is -2.42. The molecule has 0 bridgehead atoms. The molecule has 2 N–H and O–H groups in total. The Morgan fingerprint density at radius 3 is 2.36 bits per heavy atom. The van der Waals surface area contributed by atoms with Crippen molar-refractivity contribution in [2.24, 2.45) is 5.41 Å². The van der Waals surface area contributed by atoms with Gasteiger partial charge in [0.2, 0.25) is 11.8 Å². The van der Waals surface area contributed by atoms with Gasteiger partial charge in [0.1, 0.15) is 12.4 Å². The molecular weight excluding hydrogens is 442 g/mol. The molecule has 33 heavy (non-hydrogen) atoms. The average Bonchev–Trinajstić information content (AvgIpc) is 2.84. The van der Waals surface area contributed by atoms with Crippen molar-refractivity contribution in [1.82, 2.24) is 0 Å².